The molecule has 11 nitrogen and oxygen atoms in total. The summed E-state index contributed by atoms with van der Waals surface area (Å²) in [4.78, 5) is 52.0. The fraction of sp³-hybridized carbons (Fsp3) is 0.227. The van der Waals surface area contributed by atoms with E-state index in [4.69, 9.17) is 14.2 Å². The second-order valence-corrected chi connectivity index (χ2v) is 14.7. The maximum atomic E-state index is 13.2. The Balaban J connectivity index is 1.03. The lowest BCUT2D eigenvalue weighted by Crippen LogP contribution is -2.41. The molecule has 4 atom stereocenters. The third-order valence-electron chi connectivity index (χ3n) is 9.66. The van der Waals surface area contributed by atoms with Gasteiger partial charge in [0.2, 0.25) is 5.91 Å². The number of carboxylic acid groups (broad SMARTS) is 1. The predicted molar refractivity (Wildman–Crippen MR) is 208 cm³/mol. The molecule has 0 aromatic heterocycles. The Bertz CT molecular complexity index is 2180. The SMILES string of the molecule is O=C(NC1CC(=O)N(Cc2cccc(-c3cccc(C4OC(CSc5ccc(C(=O)O)cc5)CC(c5ccc(CO)cc5)O4)c3)c2)C1=O)OCc1ccccc1. The van der Waals surface area contributed by atoms with Gasteiger partial charge in [-0.05, 0) is 69.8 Å². The van der Waals surface area contributed by atoms with E-state index in [1.807, 2.05) is 103 Å². The summed E-state index contributed by atoms with van der Waals surface area (Å²) >= 11 is 1.58. The Morgan fingerprint density at radius 2 is 1.50 bits per heavy atom. The minimum atomic E-state index is -1.00. The van der Waals surface area contributed by atoms with Gasteiger partial charge in [0, 0.05) is 22.6 Å². The normalized spacial score (nSPS) is 19.5. The minimum absolute atomic E-state index is 0.0458. The van der Waals surface area contributed by atoms with Crippen molar-refractivity contribution < 1.29 is 43.6 Å². The maximum Gasteiger partial charge on any atom is 0.408 e. The Morgan fingerprint density at radius 3 is 2.23 bits per heavy atom. The predicted octanol–water partition coefficient (Wildman–Crippen LogP) is 7.44. The van der Waals surface area contributed by atoms with Crippen LogP contribution < -0.4 is 5.32 Å². The molecule has 0 saturated carbocycles. The maximum absolute atomic E-state index is 13.2. The molecule has 286 valence electrons. The van der Waals surface area contributed by atoms with Gasteiger partial charge in [-0.3, -0.25) is 14.5 Å². The highest BCUT2D eigenvalue weighted by Gasteiger charge is 2.40. The molecule has 2 saturated heterocycles. The van der Waals surface area contributed by atoms with Crippen molar-refractivity contribution in [1.82, 2.24) is 10.2 Å². The molecule has 0 bridgehead atoms. The second kappa shape index (κ2) is 17.8. The lowest BCUT2D eigenvalue weighted by molar-refractivity contribution is -0.245. The van der Waals surface area contributed by atoms with E-state index in [1.54, 1.807) is 36.0 Å². The van der Waals surface area contributed by atoms with Crippen LogP contribution in [-0.2, 0) is 43.6 Å². The summed E-state index contributed by atoms with van der Waals surface area (Å²) < 4.78 is 18.4. The number of amides is 3. The average Bonchev–Trinajstić information content (AvgIpc) is 3.49. The van der Waals surface area contributed by atoms with Crippen LogP contribution >= 0.6 is 11.8 Å². The number of imide groups is 1. The van der Waals surface area contributed by atoms with E-state index >= 15 is 0 Å². The topological polar surface area (TPSA) is 152 Å². The largest absolute Gasteiger partial charge is 0.478 e. The van der Waals surface area contributed by atoms with Crippen LogP contribution in [-0.4, -0.2) is 56.9 Å². The third kappa shape index (κ3) is 9.53. The van der Waals surface area contributed by atoms with E-state index in [9.17, 15) is 29.4 Å². The number of carboxylic acids is 1. The number of ether oxygens (including phenoxy) is 3. The fourth-order valence-corrected chi connectivity index (χ4v) is 7.59. The Labute approximate surface area is 328 Å². The van der Waals surface area contributed by atoms with Crippen molar-refractivity contribution in [2.75, 3.05) is 5.75 Å². The van der Waals surface area contributed by atoms with E-state index in [1.165, 1.54) is 0 Å². The molecule has 5 aromatic carbocycles. The van der Waals surface area contributed by atoms with Crippen LogP contribution in [0, 0.1) is 0 Å². The summed E-state index contributed by atoms with van der Waals surface area (Å²) in [5, 5.41) is 21.4. The first-order valence-corrected chi connectivity index (χ1v) is 19.2. The quantitative estimate of drug-likeness (QED) is 0.0814. The fourth-order valence-electron chi connectivity index (χ4n) is 6.67. The van der Waals surface area contributed by atoms with Crippen LogP contribution in [0.4, 0.5) is 4.79 Å². The van der Waals surface area contributed by atoms with Crippen molar-refractivity contribution in [2.45, 2.75) is 62.0 Å². The van der Waals surface area contributed by atoms with Crippen LogP contribution in [0.5, 0.6) is 0 Å². The van der Waals surface area contributed by atoms with Gasteiger partial charge in [0.25, 0.3) is 5.91 Å². The molecule has 12 heteroatoms. The van der Waals surface area contributed by atoms with Gasteiger partial charge in [-0.15, -0.1) is 11.8 Å². The van der Waals surface area contributed by atoms with Crippen LogP contribution in [0.1, 0.15) is 63.4 Å². The lowest BCUT2D eigenvalue weighted by Gasteiger charge is -2.36. The minimum Gasteiger partial charge on any atom is -0.478 e. The third-order valence-corrected chi connectivity index (χ3v) is 10.8. The number of aliphatic hydroxyl groups is 1. The van der Waals surface area contributed by atoms with Crippen molar-refractivity contribution in [3.63, 3.8) is 0 Å². The molecule has 4 unspecified atom stereocenters. The van der Waals surface area contributed by atoms with Gasteiger partial charge >= 0.3 is 12.1 Å². The molecule has 2 aliphatic heterocycles. The van der Waals surface area contributed by atoms with Crippen LogP contribution in [0.15, 0.2) is 132 Å². The summed E-state index contributed by atoms with van der Waals surface area (Å²) in [6.45, 7) is 0.0381. The highest BCUT2D eigenvalue weighted by molar-refractivity contribution is 7.99. The van der Waals surface area contributed by atoms with E-state index < -0.39 is 30.3 Å². The number of carbonyl (C=O) groups excluding carboxylic acids is 3. The Kier molecular flexibility index (Phi) is 12.2. The number of aromatic carboxylic acids is 1. The molecule has 0 radical (unpaired) electrons. The standard InChI is InChI=1S/C44H40N2O9S/c47-25-28-12-14-31(15-13-28)39-22-36(27-56-37-18-16-32(17-19-37)42(50)51)54-43(55-39)35-11-5-10-34(21-35)33-9-4-8-30(20-33)24-46-40(48)23-38(41(46)49)45-44(52)53-26-29-6-2-1-3-7-29/h1-21,36,38-39,43,47H,22-27H2,(H,45,52)(H,50,51). The molecule has 2 aliphatic rings. The first-order valence-electron chi connectivity index (χ1n) is 18.2. The lowest BCUT2D eigenvalue weighted by atomic mass is 9.99. The first kappa shape index (κ1) is 38.5. The number of thioether (sulfide) groups is 1. The van der Waals surface area contributed by atoms with Crippen molar-refractivity contribution >= 4 is 35.6 Å². The van der Waals surface area contributed by atoms with Crippen LogP contribution in [0.25, 0.3) is 11.1 Å². The summed E-state index contributed by atoms with van der Waals surface area (Å²) in [7, 11) is 0. The van der Waals surface area contributed by atoms with Crippen molar-refractivity contribution in [3.05, 3.63) is 161 Å². The summed E-state index contributed by atoms with van der Waals surface area (Å²) in [5.74, 6) is -1.23. The zero-order valence-electron chi connectivity index (χ0n) is 30.3. The van der Waals surface area contributed by atoms with E-state index in [-0.39, 0.29) is 49.9 Å². The Morgan fingerprint density at radius 1 is 0.786 bits per heavy atom. The van der Waals surface area contributed by atoms with Gasteiger partial charge in [-0.2, -0.15) is 0 Å². The molecule has 0 aliphatic carbocycles. The number of benzene rings is 5. The molecule has 3 amide bonds. The molecule has 0 spiro atoms. The number of alkyl carbamates (subject to hydrolysis) is 1. The molecule has 56 heavy (non-hydrogen) atoms. The molecule has 3 N–H and O–H groups in total. The van der Waals surface area contributed by atoms with Crippen molar-refractivity contribution in [3.8, 4) is 11.1 Å². The monoisotopic (exact) mass is 772 g/mol. The molecule has 5 aromatic rings. The number of likely N-dealkylation sites (tertiary alicyclic amines) is 1. The second-order valence-electron chi connectivity index (χ2n) is 13.6. The molecule has 2 heterocycles. The number of hydrogen-bond donors (Lipinski definition) is 3. The number of aliphatic hydroxyl groups excluding tert-OH is 1. The average molecular weight is 773 g/mol. The Hall–Kier alpha value is -5.79. The van der Waals surface area contributed by atoms with Gasteiger partial charge in [0.1, 0.15) is 12.6 Å². The van der Waals surface area contributed by atoms with Crippen molar-refractivity contribution in [1.29, 1.82) is 0 Å². The van der Waals surface area contributed by atoms with Gasteiger partial charge in [-0.1, -0.05) is 91.0 Å². The van der Waals surface area contributed by atoms with E-state index in [0.717, 1.165) is 48.7 Å². The van der Waals surface area contributed by atoms with Crippen LogP contribution in [0.3, 0.4) is 0 Å². The highest BCUT2D eigenvalue weighted by Crippen LogP contribution is 2.40. The van der Waals surface area contributed by atoms with Gasteiger partial charge in [0.15, 0.2) is 6.29 Å². The first-order chi connectivity index (χ1) is 27.2. The zero-order valence-corrected chi connectivity index (χ0v) is 31.1. The van der Waals surface area contributed by atoms with Crippen molar-refractivity contribution in [2.24, 2.45) is 0 Å². The molecular formula is C44H40N2O9S. The number of nitrogens with zero attached hydrogens (tertiary/aromatic N) is 1. The smallest absolute Gasteiger partial charge is 0.408 e. The zero-order chi connectivity index (χ0) is 39.0. The van der Waals surface area contributed by atoms with Gasteiger partial charge in [-0.25, -0.2) is 9.59 Å². The summed E-state index contributed by atoms with van der Waals surface area (Å²) in [5.41, 5.74) is 6.11. The number of carbonyl (C=O) groups is 4. The van der Waals surface area contributed by atoms with Crippen LogP contribution in [0.2, 0.25) is 0 Å². The van der Waals surface area contributed by atoms with E-state index in [2.05, 4.69) is 5.32 Å². The molecule has 7 rings (SSSR count). The van der Waals surface area contributed by atoms with Gasteiger partial charge in [0.05, 0.1) is 37.3 Å². The number of hydrogen-bond acceptors (Lipinski definition) is 9. The summed E-state index contributed by atoms with van der Waals surface area (Å²) in [6.07, 6.45) is -1.50. The highest BCUT2D eigenvalue weighted by atomic mass is 32.2. The van der Waals surface area contributed by atoms with E-state index in [0.29, 0.717) is 12.2 Å². The molecule has 2 fully saturated rings. The molecular weight excluding hydrogens is 733 g/mol. The number of rotatable bonds is 13. The van der Waals surface area contributed by atoms with Gasteiger partial charge < -0.3 is 29.7 Å². The summed E-state index contributed by atoms with van der Waals surface area (Å²) in [6, 6.07) is 38.1. The number of nitrogens with one attached hydrogen (secondary N) is 1.